The minimum atomic E-state index is -3.43. The van der Waals surface area contributed by atoms with Crippen molar-refractivity contribution in [3.05, 3.63) is 15.8 Å². The van der Waals surface area contributed by atoms with Crippen LogP contribution < -0.4 is 0 Å². The highest BCUT2D eigenvalue weighted by Crippen LogP contribution is 2.30. The lowest BCUT2D eigenvalue weighted by Crippen LogP contribution is -2.46. The molecule has 2 heterocycles. The van der Waals surface area contributed by atoms with Crippen molar-refractivity contribution in [2.45, 2.75) is 30.7 Å². The van der Waals surface area contributed by atoms with Crippen LogP contribution in [0.4, 0.5) is 0 Å². The smallest absolute Gasteiger partial charge is 0.244 e. The Kier molecular flexibility index (Phi) is 4.33. The van der Waals surface area contributed by atoms with Gasteiger partial charge in [-0.15, -0.1) is 22.9 Å². The van der Waals surface area contributed by atoms with Gasteiger partial charge in [-0.05, 0) is 19.9 Å². The lowest BCUT2D eigenvalue weighted by molar-refractivity contribution is 0.0392. The molecule has 0 saturated carbocycles. The van der Waals surface area contributed by atoms with E-state index in [0.717, 1.165) is 9.75 Å². The fraction of sp³-hybridized carbons (Fsp3) is 0.636. The lowest BCUT2D eigenvalue weighted by atomic mass is 10.3. The fourth-order valence-corrected chi connectivity index (χ4v) is 5.34. The van der Waals surface area contributed by atoms with Crippen LogP contribution in [0, 0.1) is 6.92 Å². The Labute approximate surface area is 117 Å². The molecule has 1 atom stereocenters. The second-order valence-electron chi connectivity index (χ2n) is 4.31. The third-order valence-electron chi connectivity index (χ3n) is 2.95. The number of nitrogens with zero attached hydrogens (tertiary/aromatic N) is 1. The van der Waals surface area contributed by atoms with Gasteiger partial charge in [0.15, 0.2) is 0 Å². The Morgan fingerprint density at radius 1 is 1.61 bits per heavy atom. The van der Waals surface area contributed by atoms with Crippen LogP contribution in [-0.2, 0) is 20.6 Å². The van der Waals surface area contributed by atoms with E-state index in [2.05, 4.69) is 0 Å². The van der Waals surface area contributed by atoms with E-state index in [4.69, 9.17) is 16.3 Å². The molecule has 0 radical (unpaired) electrons. The van der Waals surface area contributed by atoms with Crippen molar-refractivity contribution in [2.75, 3.05) is 19.8 Å². The third kappa shape index (κ3) is 2.58. The van der Waals surface area contributed by atoms with Crippen molar-refractivity contribution in [1.82, 2.24) is 4.31 Å². The second kappa shape index (κ2) is 5.46. The van der Waals surface area contributed by atoms with Crippen molar-refractivity contribution >= 4 is 33.0 Å². The summed E-state index contributed by atoms with van der Waals surface area (Å²) in [7, 11) is -3.43. The summed E-state index contributed by atoms with van der Waals surface area (Å²) in [6, 6.07) is 1.56. The van der Waals surface area contributed by atoms with E-state index in [0.29, 0.717) is 30.5 Å². The van der Waals surface area contributed by atoms with E-state index < -0.39 is 10.0 Å². The number of halogens is 1. The standard InChI is InChI=1S/C11H16ClNO3S2/c1-8-7-16-4-3-13(8)18(14,15)11-5-10(6-12)17-9(11)2/h5,8H,3-4,6-7H2,1-2H3. The zero-order valence-electron chi connectivity index (χ0n) is 10.3. The highest BCUT2D eigenvalue weighted by Gasteiger charge is 2.33. The predicted octanol–water partition coefficient (Wildman–Crippen LogP) is 2.20. The SMILES string of the molecule is Cc1sc(CCl)cc1S(=O)(=O)N1CCOCC1C. The molecule has 2 rings (SSSR count). The number of thiophene rings is 1. The maximum absolute atomic E-state index is 12.6. The van der Waals surface area contributed by atoms with Crippen molar-refractivity contribution in [3.8, 4) is 0 Å². The van der Waals surface area contributed by atoms with Gasteiger partial charge in [0.25, 0.3) is 0 Å². The van der Waals surface area contributed by atoms with Crippen LogP contribution in [0.25, 0.3) is 0 Å². The lowest BCUT2D eigenvalue weighted by Gasteiger charge is -2.32. The molecular weight excluding hydrogens is 294 g/mol. The monoisotopic (exact) mass is 309 g/mol. The Morgan fingerprint density at radius 3 is 2.89 bits per heavy atom. The zero-order chi connectivity index (χ0) is 13.3. The zero-order valence-corrected chi connectivity index (χ0v) is 12.7. The van der Waals surface area contributed by atoms with Crippen LogP contribution in [0.15, 0.2) is 11.0 Å². The molecule has 1 unspecified atom stereocenters. The summed E-state index contributed by atoms with van der Waals surface area (Å²) in [4.78, 5) is 2.06. The highest BCUT2D eigenvalue weighted by atomic mass is 35.5. The van der Waals surface area contributed by atoms with E-state index in [1.54, 1.807) is 6.07 Å². The van der Waals surface area contributed by atoms with Crippen molar-refractivity contribution in [2.24, 2.45) is 0 Å². The molecule has 18 heavy (non-hydrogen) atoms. The van der Waals surface area contributed by atoms with Gasteiger partial charge in [0, 0.05) is 22.3 Å². The number of hydrogen-bond acceptors (Lipinski definition) is 4. The van der Waals surface area contributed by atoms with Gasteiger partial charge in [-0.3, -0.25) is 0 Å². The van der Waals surface area contributed by atoms with Crippen LogP contribution in [0.2, 0.25) is 0 Å². The molecule has 7 heteroatoms. The Balaban J connectivity index is 2.37. The summed E-state index contributed by atoms with van der Waals surface area (Å²) >= 11 is 7.20. The first-order valence-corrected chi connectivity index (χ1v) is 8.50. The van der Waals surface area contributed by atoms with Crippen LogP contribution in [0.5, 0.6) is 0 Å². The Bertz CT molecular complexity index is 526. The van der Waals surface area contributed by atoms with Gasteiger partial charge in [-0.2, -0.15) is 4.31 Å². The Hall–Kier alpha value is -0.140. The summed E-state index contributed by atoms with van der Waals surface area (Å²) < 4.78 is 32.0. The summed E-state index contributed by atoms with van der Waals surface area (Å²) in [5, 5.41) is 0. The summed E-state index contributed by atoms with van der Waals surface area (Å²) in [5.74, 6) is 0.347. The molecule has 0 N–H and O–H groups in total. The van der Waals surface area contributed by atoms with Gasteiger partial charge in [-0.25, -0.2) is 8.42 Å². The number of alkyl halides is 1. The number of morpholine rings is 1. The molecule has 0 aliphatic carbocycles. The molecule has 1 aromatic rings. The number of sulfonamides is 1. The number of hydrogen-bond donors (Lipinski definition) is 0. The first kappa shape index (κ1) is 14.3. The average molecular weight is 310 g/mol. The largest absolute Gasteiger partial charge is 0.378 e. The molecule has 1 saturated heterocycles. The quantitative estimate of drug-likeness (QED) is 0.804. The normalized spacial score (nSPS) is 22.3. The van der Waals surface area contributed by atoms with Gasteiger partial charge >= 0.3 is 0 Å². The van der Waals surface area contributed by atoms with Crippen LogP contribution >= 0.6 is 22.9 Å². The van der Waals surface area contributed by atoms with Crippen LogP contribution in [0.1, 0.15) is 16.7 Å². The maximum atomic E-state index is 12.6. The van der Waals surface area contributed by atoms with Gasteiger partial charge < -0.3 is 4.74 Å². The molecule has 1 fully saturated rings. The second-order valence-corrected chi connectivity index (χ2v) is 7.77. The van der Waals surface area contributed by atoms with Gasteiger partial charge in [0.05, 0.1) is 24.0 Å². The summed E-state index contributed by atoms with van der Waals surface area (Å²) in [6.45, 7) is 4.99. The van der Waals surface area contributed by atoms with E-state index in [9.17, 15) is 8.42 Å². The molecule has 1 aliphatic heterocycles. The average Bonchev–Trinajstić information content (AvgIpc) is 2.71. The number of ether oxygens (including phenoxy) is 1. The third-order valence-corrected chi connectivity index (χ3v) is 6.71. The van der Waals surface area contributed by atoms with Crippen LogP contribution in [0.3, 0.4) is 0 Å². The maximum Gasteiger partial charge on any atom is 0.244 e. The minimum absolute atomic E-state index is 0.123. The topological polar surface area (TPSA) is 46.6 Å². The van der Waals surface area contributed by atoms with Crippen molar-refractivity contribution in [3.63, 3.8) is 0 Å². The fourth-order valence-electron chi connectivity index (χ4n) is 2.04. The first-order chi connectivity index (χ1) is 8.46. The highest BCUT2D eigenvalue weighted by molar-refractivity contribution is 7.89. The van der Waals surface area contributed by atoms with Gasteiger partial charge in [0.2, 0.25) is 10.0 Å². The van der Waals surface area contributed by atoms with E-state index in [1.807, 2.05) is 13.8 Å². The van der Waals surface area contributed by atoms with Crippen molar-refractivity contribution in [1.29, 1.82) is 0 Å². The molecule has 0 spiro atoms. The number of rotatable bonds is 3. The molecule has 0 amide bonds. The van der Waals surface area contributed by atoms with Crippen LogP contribution in [-0.4, -0.2) is 38.5 Å². The molecule has 102 valence electrons. The van der Waals surface area contributed by atoms with E-state index in [-0.39, 0.29) is 6.04 Å². The molecular formula is C11H16ClNO3S2. The Morgan fingerprint density at radius 2 is 2.33 bits per heavy atom. The molecule has 1 aromatic heterocycles. The van der Waals surface area contributed by atoms with Gasteiger partial charge in [0.1, 0.15) is 0 Å². The molecule has 4 nitrogen and oxygen atoms in total. The first-order valence-electron chi connectivity index (χ1n) is 5.71. The van der Waals surface area contributed by atoms with Gasteiger partial charge in [-0.1, -0.05) is 0 Å². The molecule has 0 aromatic carbocycles. The molecule has 1 aliphatic rings. The van der Waals surface area contributed by atoms with E-state index in [1.165, 1.54) is 15.6 Å². The van der Waals surface area contributed by atoms with E-state index >= 15 is 0 Å². The number of aryl methyl sites for hydroxylation is 1. The predicted molar refractivity (Wildman–Crippen MR) is 72.8 cm³/mol. The van der Waals surface area contributed by atoms with Crippen molar-refractivity contribution < 1.29 is 13.2 Å². The minimum Gasteiger partial charge on any atom is -0.378 e. The molecule has 0 bridgehead atoms. The summed E-state index contributed by atoms with van der Waals surface area (Å²) in [6.07, 6.45) is 0. The summed E-state index contributed by atoms with van der Waals surface area (Å²) in [5.41, 5.74) is 0.